The topological polar surface area (TPSA) is 55.6 Å². The minimum atomic E-state index is 0.209. The number of para-hydroxylation sites is 1. The molecular weight excluding hydrogens is 442 g/mol. The van der Waals surface area contributed by atoms with Crippen LogP contribution >= 0.6 is 0 Å². The van der Waals surface area contributed by atoms with Crippen LogP contribution in [-0.4, -0.2) is 10.4 Å². The number of benzene rings is 4. The maximum Gasteiger partial charge on any atom is 0.136 e. The van der Waals surface area contributed by atoms with Crippen molar-refractivity contribution >= 4 is 60.6 Å². The second-order valence-corrected chi connectivity index (χ2v) is 9.61. The van der Waals surface area contributed by atoms with Gasteiger partial charge in [-0.2, -0.15) is 0 Å². The van der Waals surface area contributed by atoms with Gasteiger partial charge in [0.1, 0.15) is 17.0 Å². The molecule has 0 fully saturated rings. The molecule has 172 valence electrons. The highest BCUT2D eigenvalue weighted by Gasteiger charge is 2.24. The number of hydrogen-bond acceptors (Lipinski definition) is 3. The molecule has 4 heteroatoms. The Morgan fingerprint density at radius 3 is 2.53 bits per heavy atom. The van der Waals surface area contributed by atoms with Gasteiger partial charge in [0.2, 0.25) is 0 Å². The predicted octanol–water partition coefficient (Wildman–Crippen LogP) is 8.13. The van der Waals surface area contributed by atoms with Crippen LogP contribution in [-0.2, 0) is 0 Å². The summed E-state index contributed by atoms with van der Waals surface area (Å²) in [5.41, 5.74) is 14.0. The number of aromatic nitrogens is 1. The van der Waals surface area contributed by atoms with Gasteiger partial charge < -0.3 is 15.5 Å². The Morgan fingerprint density at radius 1 is 0.778 bits per heavy atom. The number of hydrogen-bond donors (Lipinski definition) is 2. The summed E-state index contributed by atoms with van der Waals surface area (Å²) < 4.78 is 8.72. The van der Waals surface area contributed by atoms with Gasteiger partial charge >= 0.3 is 0 Å². The second kappa shape index (κ2) is 7.15. The lowest BCUT2D eigenvalue weighted by Gasteiger charge is -2.17. The molecule has 36 heavy (non-hydrogen) atoms. The van der Waals surface area contributed by atoms with Gasteiger partial charge in [0.15, 0.2) is 0 Å². The minimum Gasteiger partial charge on any atom is -0.456 e. The third-order valence-electron chi connectivity index (χ3n) is 7.56. The number of nitrogen functional groups attached to an aromatic ring is 1. The maximum atomic E-state index is 6.73. The van der Waals surface area contributed by atoms with E-state index in [-0.39, 0.29) is 6.04 Å². The van der Waals surface area contributed by atoms with E-state index in [9.17, 15) is 0 Å². The van der Waals surface area contributed by atoms with E-state index in [1.807, 2.05) is 6.07 Å². The first-order chi connectivity index (χ1) is 17.8. The van der Waals surface area contributed by atoms with Gasteiger partial charge in [-0.25, -0.2) is 0 Å². The van der Waals surface area contributed by atoms with Crippen LogP contribution in [0.5, 0.6) is 0 Å². The summed E-state index contributed by atoms with van der Waals surface area (Å²) in [6.07, 6.45) is 9.50. The molecular formula is C32H23N3O. The summed E-state index contributed by atoms with van der Waals surface area (Å²) in [6.45, 7) is 0. The van der Waals surface area contributed by atoms with Crippen LogP contribution in [0.1, 0.15) is 6.42 Å². The Kier molecular flexibility index (Phi) is 3.89. The van der Waals surface area contributed by atoms with E-state index in [0.29, 0.717) is 0 Å². The van der Waals surface area contributed by atoms with Crippen LogP contribution < -0.4 is 11.1 Å². The molecule has 0 saturated carbocycles. The summed E-state index contributed by atoms with van der Waals surface area (Å²) in [4.78, 5) is 0. The van der Waals surface area contributed by atoms with Gasteiger partial charge in [0.05, 0.1) is 16.7 Å². The van der Waals surface area contributed by atoms with Crippen molar-refractivity contribution in [2.45, 2.75) is 12.5 Å². The van der Waals surface area contributed by atoms with Crippen molar-refractivity contribution in [2.75, 3.05) is 11.1 Å². The van der Waals surface area contributed by atoms with Crippen molar-refractivity contribution in [2.24, 2.45) is 0 Å². The number of rotatable bonds is 3. The monoisotopic (exact) mass is 465 g/mol. The third-order valence-corrected chi connectivity index (χ3v) is 7.56. The second-order valence-electron chi connectivity index (χ2n) is 9.61. The molecule has 7 aromatic rings. The number of allylic oxidation sites excluding steroid dienone is 2. The quantitative estimate of drug-likeness (QED) is 0.277. The average molecular weight is 466 g/mol. The fourth-order valence-electron chi connectivity index (χ4n) is 5.94. The molecule has 0 saturated heterocycles. The van der Waals surface area contributed by atoms with Crippen molar-refractivity contribution in [1.29, 1.82) is 0 Å². The molecule has 0 spiro atoms. The van der Waals surface area contributed by atoms with Crippen LogP contribution in [0.4, 0.5) is 11.5 Å². The van der Waals surface area contributed by atoms with Crippen LogP contribution in [0.3, 0.4) is 0 Å². The number of fused-ring (bicyclic) bond motifs is 7. The Morgan fingerprint density at radius 2 is 1.67 bits per heavy atom. The van der Waals surface area contributed by atoms with E-state index >= 15 is 0 Å². The zero-order valence-corrected chi connectivity index (χ0v) is 19.5. The van der Waals surface area contributed by atoms with Gasteiger partial charge in [0.25, 0.3) is 0 Å². The Bertz CT molecular complexity index is 2010. The predicted molar refractivity (Wildman–Crippen MR) is 151 cm³/mol. The number of nitrogens with zero attached hydrogens (tertiary/aromatic N) is 1. The Balaban J connectivity index is 1.43. The molecule has 1 aliphatic rings. The molecule has 1 atom stereocenters. The lowest BCUT2D eigenvalue weighted by atomic mass is 10.0. The summed E-state index contributed by atoms with van der Waals surface area (Å²) in [5.74, 6) is 0.958. The molecule has 1 aliphatic carbocycles. The number of nitrogens with one attached hydrogen (secondary N) is 1. The van der Waals surface area contributed by atoms with E-state index < -0.39 is 0 Å². The molecule has 4 aromatic carbocycles. The molecule has 0 amide bonds. The first-order valence-corrected chi connectivity index (χ1v) is 12.4. The van der Waals surface area contributed by atoms with Crippen LogP contribution in [0, 0.1) is 0 Å². The van der Waals surface area contributed by atoms with E-state index in [4.69, 9.17) is 10.2 Å². The lowest BCUT2D eigenvalue weighted by molar-refractivity contribution is 0.669. The molecule has 3 N–H and O–H groups in total. The van der Waals surface area contributed by atoms with Gasteiger partial charge in [-0.05, 0) is 41.8 Å². The van der Waals surface area contributed by atoms with Crippen LogP contribution in [0.2, 0.25) is 0 Å². The normalized spacial score (nSPS) is 15.8. The van der Waals surface area contributed by atoms with Crippen LogP contribution in [0.25, 0.3) is 60.3 Å². The lowest BCUT2D eigenvalue weighted by Crippen LogP contribution is -2.18. The molecule has 0 bridgehead atoms. The minimum absolute atomic E-state index is 0.209. The molecule has 0 aliphatic heterocycles. The highest BCUT2D eigenvalue weighted by molar-refractivity contribution is 6.30. The standard InChI is InChI=1S/C32H23N3O/c33-30-24-13-7-12-23-28-25(35(31(23)24)32(30)34-21-10-5-2-6-11-21)16-17-26-29(28)22-15-14-20(18-27(22)36-26)19-8-3-1-4-9-19/h1-10,12-18,21,34H,11,33H2. The van der Waals surface area contributed by atoms with E-state index in [2.05, 4.69) is 107 Å². The van der Waals surface area contributed by atoms with Crippen molar-refractivity contribution in [3.8, 4) is 11.1 Å². The maximum absolute atomic E-state index is 6.73. The average Bonchev–Trinajstić information content (AvgIpc) is 3.56. The first kappa shape index (κ1) is 19.6. The van der Waals surface area contributed by atoms with Gasteiger partial charge in [-0.1, -0.05) is 78.9 Å². The summed E-state index contributed by atoms with van der Waals surface area (Å²) in [5, 5.41) is 9.48. The number of nitrogens with two attached hydrogens (primary N) is 1. The smallest absolute Gasteiger partial charge is 0.136 e. The number of furan rings is 1. The van der Waals surface area contributed by atoms with E-state index in [0.717, 1.165) is 61.8 Å². The van der Waals surface area contributed by atoms with E-state index in [1.54, 1.807) is 0 Å². The van der Waals surface area contributed by atoms with Gasteiger partial charge in [-0.3, -0.25) is 4.40 Å². The molecule has 3 heterocycles. The van der Waals surface area contributed by atoms with Crippen LogP contribution in [0.15, 0.2) is 108 Å². The zero-order chi connectivity index (χ0) is 23.8. The molecule has 4 nitrogen and oxygen atoms in total. The SMILES string of the molecule is Nc1c(NC2C=CC=CC2)n2c3ccc4oc5cc(-c6ccccc6)ccc5c4c3c3cccc1c32. The Labute approximate surface area is 207 Å². The highest BCUT2D eigenvalue weighted by atomic mass is 16.3. The molecule has 1 unspecified atom stereocenters. The molecule has 8 rings (SSSR count). The summed E-state index contributed by atoms with van der Waals surface area (Å²) >= 11 is 0. The van der Waals surface area contributed by atoms with Crippen molar-refractivity contribution in [1.82, 2.24) is 4.40 Å². The first-order valence-electron chi connectivity index (χ1n) is 12.4. The van der Waals surface area contributed by atoms with Gasteiger partial charge in [0, 0.05) is 33.0 Å². The fourth-order valence-corrected chi connectivity index (χ4v) is 5.94. The van der Waals surface area contributed by atoms with Crippen molar-refractivity contribution < 1.29 is 4.42 Å². The zero-order valence-electron chi connectivity index (χ0n) is 19.5. The fraction of sp³-hybridized carbons (Fsp3) is 0.0625. The van der Waals surface area contributed by atoms with Crippen molar-refractivity contribution in [3.63, 3.8) is 0 Å². The van der Waals surface area contributed by atoms with Crippen molar-refractivity contribution in [3.05, 3.63) is 103 Å². The van der Waals surface area contributed by atoms with E-state index in [1.165, 1.54) is 16.3 Å². The molecule has 0 radical (unpaired) electrons. The third kappa shape index (κ3) is 2.58. The van der Waals surface area contributed by atoms with Gasteiger partial charge in [-0.15, -0.1) is 0 Å². The Hall–Kier alpha value is -4.70. The summed E-state index contributed by atoms with van der Waals surface area (Å²) in [7, 11) is 0. The highest BCUT2D eigenvalue weighted by Crippen LogP contribution is 2.46. The summed E-state index contributed by atoms with van der Waals surface area (Å²) in [6, 6.07) is 27.9. The molecule has 3 aromatic heterocycles. The largest absolute Gasteiger partial charge is 0.456 e. The number of anilines is 2.